The zero-order chi connectivity index (χ0) is 22.4. The quantitative estimate of drug-likeness (QED) is 0.553. The summed E-state index contributed by atoms with van der Waals surface area (Å²) in [5.41, 5.74) is 7.95. The van der Waals surface area contributed by atoms with E-state index in [1.807, 2.05) is 37.3 Å². The Morgan fingerprint density at radius 2 is 2.06 bits per heavy atom. The summed E-state index contributed by atoms with van der Waals surface area (Å²) in [6.07, 6.45) is 1.50. The van der Waals surface area contributed by atoms with Crippen LogP contribution in [0, 0.1) is 17.9 Å². The third-order valence-corrected chi connectivity index (χ3v) is 6.67. The molecule has 1 amide bonds. The number of pyridine rings is 1. The van der Waals surface area contributed by atoms with Crippen LogP contribution in [0.2, 0.25) is 0 Å². The van der Waals surface area contributed by atoms with E-state index in [9.17, 15) is 10.1 Å². The molecule has 2 N–H and O–H groups in total. The van der Waals surface area contributed by atoms with Crippen molar-refractivity contribution in [1.82, 2.24) is 9.88 Å². The lowest BCUT2D eigenvalue weighted by atomic mass is 10.1. The Hall–Kier alpha value is -3.07. The number of nitriles is 1. The molecule has 0 spiro atoms. The van der Waals surface area contributed by atoms with Gasteiger partial charge in [0.25, 0.3) is 0 Å². The number of hydrogen-bond acceptors (Lipinski definition) is 6. The number of primary amides is 1. The molecule has 0 aliphatic carbocycles. The predicted molar refractivity (Wildman–Crippen MR) is 123 cm³/mol. The summed E-state index contributed by atoms with van der Waals surface area (Å²) in [5.74, 6) is 0.104. The Balaban J connectivity index is 2.12. The van der Waals surface area contributed by atoms with E-state index in [-0.39, 0.29) is 0 Å². The van der Waals surface area contributed by atoms with Crippen LogP contribution in [0.3, 0.4) is 0 Å². The molecule has 1 aliphatic rings. The minimum Gasteiger partial charge on any atom is -0.368 e. The Labute approximate surface area is 187 Å². The minimum absolute atomic E-state index is 0.358. The number of aromatic nitrogens is 1. The highest BCUT2D eigenvalue weighted by molar-refractivity contribution is 8.00. The molecule has 0 radical (unpaired) electrons. The van der Waals surface area contributed by atoms with Crippen LogP contribution < -0.4 is 10.6 Å². The number of nitrogens with two attached hydrogens (primary N) is 1. The van der Waals surface area contributed by atoms with Crippen molar-refractivity contribution < 1.29 is 4.79 Å². The van der Waals surface area contributed by atoms with E-state index < -0.39 is 11.2 Å². The lowest BCUT2D eigenvalue weighted by Gasteiger charge is -2.26. The molecular weight excluding hydrogens is 408 g/mol. The second kappa shape index (κ2) is 10.3. The monoisotopic (exact) mass is 434 g/mol. The normalized spacial score (nSPS) is 15.5. The van der Waals surface area contributed by atoms with E-state index in [4.69, 9.17) is 17.3 Å². The molecule has 1 unspecified atom stereocenters. The van der Waals surface area contributed by atoms with Gasteiger partial charge >= 0.3 is 0 Å². The first-order valence-corrected chi connectivity index (χ1v) is 11.2. The molecule has 160 valence electrons. The first kappa shape index (κ1) is 22.6. The summed E-state index contributed by atoms with van der Waals surface area (Å²) >= 11 is 1.19. The van der Waals surface area contributed by atoms with Gasteiger partial charge in [-0.05, 0) is 37.6 Å². The highest BCUT2D eigenvalue weighted by Gasteiger charge is 2.27. The molecule has 0 saturated carbocycles. The van der Waals surface area contributed by atoms with Crippen molar-refractivity contribution in [1.29, 1.82) is 5.26 Å². The van der Waals surface area contributed by atoms with Gasteiger partial charge in [0, 0.05) is 19.6 Å². The largest absolute Gasteiger partial charge is 0.368 e. The van der Waals surface area contributed by atoms with Crippen LogP contribution in [0.1, 0.15) is 35.3 Å². The zero-order valence-electron chi connectivity index (χ0n) is 17.8. The van der Waals surface area contributed by atoms with E-state index in [1.165, 1.54) is 11.8 Å². The maximum atomic E-state index is 12.3. The van der Waals surface area contributed by atoms with Gasteiger partial charge < -0.3 is 15.5 Å². The van der Waals surface area contributed by atoms with Crippen LogP contribution in [-0.2, 0) is 11.2 Å². The van der Waals surface area contributed by atoms with Crippen LogP contribution in [0.4, 0.5) is 11.5 Å². The maximum absolute atomic E-state index is 12.3. The maximum Gasteiger partial charge on any atom is 0.235 e. The molecule has 2 aromatic rings. The summed E-state index contributed by atoms with van der Waals surface area (Å²) in [6.45, 7) is 13.1. The van der Waals surface area contributed by atoms with Crippen LogP contribution in [0.15, 0.2) is 35.4 Å². The topological polar surface area (TPSA) is 90.6 Å². The van der Waals surface area contributed by atoms with Crippen molar-refractivity contribution in [2.75, 3.05) is 38.1 Å². The van der Waals surface area contributed by atoms with Crippen molar-refractivity contribution in [2.45, 2.75) is 30.0 Å². The molecule has 8 heteroatoms. The van der Waals surface area contributed by atoms with E-state index >= 15 is 0 Å². The number of hydrogen-bond donors (Lipinski definition) is 1. The van der Waals surface area contributed by atoms with Crippen molar-refractivity contribution in [2.24, 2.45) is 5.73 Å². The van der Waals surface area contributed by atoms with E-state index in [0.717, 1.165) is 38.2 Å². The Kier molecular flexibility index (Phi) is 7.51. The molecule has 1 atom stereocenters. The van der Waals surface area contributed by atoms with Gasteiger partial charge in [-0.3, -0.25) is 4.79 Å². The highest BCUT2D eigenvalue weighted by atomic mass is 32.2. The van der Waals surface area contributed by atoms with Gasteiger partial charge in [0.2, 0.25) is 11.6 Å². The van der Waals surface area contributed by atoms with Crippen molar-refractivity contribution in [3.8, 4) is 6.07 Å². The number of nitrogens with zero attached hydrogens (tertiary/aromatic N) is 5. The van der Waals surface area contributed by atoms with Gasteiger partial charge in [-0.1, -0.05) is 49.0 Å². The molecule has 1 saturated heterocycles. The first-order valence-electron chi connectivity index (χ1n) is 10.3. The smallest absolute Gasteiger partial charge is 0.235 e. The summed E-state index contributed by atoms with van der Waals surface area (Å²) in [4.78, 5) is 25.2. The summed E-state index contributed by atoms with van der Waals surface area (Å²) in [6, 6.07) is 11.5. The molecule has 1 aromatic carbocycles. The van der Waals surface area contributed by atoms with E-state index in [0.29, 0.717) is 34.1 Å². The van der Waals surface area contributed by atoms with Gasteiger partial charge in [-0.25, -0.2) is 9.83 Å². The molecule has 0 bridgehead atoms. The number of rotatable bonds is 6. The number of carbonyl (C=O) groups excluding carboxylic acids is 1. The van der Waals surface area contributed by atoms with E-state index in [2.05, 4.69) is 27.8 Å². The number of amides is 1. The molecule has 2 heterocycles. The molecule has 1 fully saturated rings. The number of carbonyl (C=O) groups is 1. The first-order chi connectivity index (χ1) is 15.0. The fourth-order valence-electron chi connectivity index (χ4n) is 3.76. The third kappa shape index (κ3) is 4.99. The van der Waals surface area contributed by atoms with Gasteiger partial charge in [0.05, 0.1) is 12.1 Å². The molecule has 31 heavy (non-hydrogen) atoms. The van der Waals surface area contributed by atoms with Crippen LogP contribution in [-0.4, -0.2) is 49.0 Å². The lowest BCUT2D eigenvalue weighted by molar-refractivity contribution is -0.117. The molecule has 1 aromatic heterocycles. The number of benzene rings is 1. The third-order valence-electron chi connectivity index (χ3n) is 5.41. The standard InChI is InChI=1S/C23H26N6OS/c1-4-17-18(15-24)23(31-20(21(25)30)16-9-6-5-7-10-16)27-22(19(17)26-2)29-12-8-11-28(3)13-14-29/h5-7,9-10,20H,4,8,11-14H2,1,3H3,(H2,25,30). The molecule has 3 rings (SSSR count). The molecule has 7 nitrogen and oxygen atoms in total. The van der Waals surface area contributed by atoms with Crippen molar-refractivity contribution in [3.63, 3.8) is 0 Å². The summed E-state index contributed by atoms with van der Waals surface area (Å²) in [5, 5.41) is 9.69. The van der Waals surface area contributed by atoms with Gasteiger partial charge in [0.1, 0.15) is 22.2 Å². The molecule has 1 aliphatic heterocycles. The van der Waals surface area contributed by atoms with Crippen molar-refractivity contribution >= 4 is 29.2 Å². The fraction of sp³-hybridized carbons (Fsp3) is 0.391. The number of thioether (sulfide) groups is 1. The Morgan fingerprint density at radius 1 is 1.32 bits per heavy atom. The van der Waals surface area contributed by atoms with Gasteiger partial charge in [-0.15, -0.1) is 0 Å². The van der Waals surface area contributed by atoms with Gasteiger partial charge in [-0.2, -0.15) is 5.26 Å². The Morgan fingerprint density at radius 3 is 2.68 bits per heavy atom. The van der Waals surface area contributed by atoms with Crippen LogP contribution in [0.5, 0.6) is 0 Å². The predicted octanol–water partition coefficient (Wildman–Crippen LogP) is 3.53. The number of anilines is 1. The SMILES string of the molecule is [C-]#[N+]c1c(N2CCCN(C)CC2)nc(SC(C(N)=O)c2ccccc2)c(C#N)c1CC. The summed E-state index contributed by atoms with van der Waals surface area (Å²) in [7, 11) is 2.08. The van der Waals surface area contributed by atoms with Crippen LogP contribution in [0.25, 0.3) is 4.85 Å². The second-order valence-electron chi connectivity index (χ2n) is 7.47. The highest BCUT2D eigenvalue weighted by Crippen LogP contribution is 2.42. The molecular formula is C23H26N6OS. The average Bonchev–Trinajstić information content (AvgIpc) is 3.00. The Bertz CT molecular complexity index is 1030. The zero-order valence-corrected chi connectivity index (χ0v) is 18.7. The second-order valence-corrected chi connectivity index (χ2v) is 8.57. The fourth-order valence-corrected chi connectivity index (χ4v) is 4.82. The average molecular weight is 435 g/mol. The minimum atomic E-state index is -0.674. The van der Waals surface area contributed by atoms with Crippen molar-refractivity contribution in [3.05, 3.63) is 58.4 Å². The summed E-state index contributed by atoms with van der Waals surface area (Å²) < 4.78 is 0. The van der Waals surface area contributed by atoms with Gasteiger partial charge in [0.15, 0.2) is 0 Å². The lowest BCUT2D eigenvalue weighted by Crippen LogP contribution is -2.30. The number of likely N-dealkylation sites (N-methyl/N-ethyl adjacent to an activating group) is 1. The van der Waals surface area contributed by atoms with E-state index in [1.54, 1.807) is 0 Å². The van der Waals surface area contributed by atoms with Crippen LogP contribution >= 0.6 is 11.8 Å².